The van der Waals surface area contributed by atoms with Crippen molar-refractivity contribution in [2.45, 2.75) is 50.7 Å². The maximum absolute atomic E-state index is 14.2. The van der Waals surface area contributed by atoms with Crippen molar-refractivity contribution in [1.29, 1.82) is 0 Å². The summed E-state index contributed by atoms with van der Waals surface area (Å²) < 4.78 is 26.8. The lowest BCUT2D eigenvalue weighted by Crippen LogP contribution is -2.54. The zero-order valence-corrected chi connectivity index (χ0v) is 25.7. The van der Waals surface area contributed by atoms with Crippen LogP contribution in [0.1, 0.15) is 36.8 Å². The van der Waals surface area contributed by atoms with Gasteiger partial charge in [-0.15, -0.1) is 0 Å². The second-order valence-corrected chi connectivity index (χ2v) is 13.4. The lowest BCUT2D eigenvalue weighted by molar-refractivity contribution is -0.140. The van der Waals surface area contributed by atoms with Crippen LogP contribution in [0.15, 0.2) is 72.8 Å². The van der Waals surface area contributed by atoms with Crippen molar-refractivity contribution in [2.75, 3.05) is 17.1 Å². The van der Waals surface area contributed by atoms with E-state index in [1.807, 2.05) is 30.3 Å². The standard InChI is InChI=1S/C30H32Cl3N3O4S/c1-41(39,40)36(27-18-24(32)15-16-26(27)33)20-29(37)35(19-22-11-13-23(31)14-12-22)28(17-21-7-3-2-4-8-21)30(38)34-25-9-5-6-10-25/h2-4,7-8,11-16,18,25,28H,5-6,9-10,17,19-20H2,1H3,(H,34,38)/t28-/m1/s1. The Morgan fingerprint density at radius 3 is 2.17 bits per heavy atom. The normalized spacial score (nSPS) is 14.4. The maximum Gasteiger partial charge on any atom is 0.244 e. The summed E-state index contributed by atoms with van der Waals surface area (Å²) >= 11 is 18.6. The van der Waals surface area contributed by atoms with Crippen molar-refractivity contribution >= 4 is 62.3 Å². The molecule has 1 atom stereocenters. The molecule has 3 aromatic carbocycles. The van der Waals surface area contributed by atoms with E-state index in [-0.39, 0.29) is 40.6 Å². The molecule has 1 fully saturated rings. The SMILES string of the molecule is CS(=O)(=O)N(CC(=O)N(Cc1ccc(Cl)cc1)[C@H](Cc1ccccc1)C(=O)NC1CCCC1)c1cc(Cl)ccc1Cl. The molecule has 0 bridgehead atoms. The molecular formula is C30H32Cl3N3O4S. The second-order valence-electron chi connectivity index (χ2n) is 10.2. The van der Waals surface area contributed by atoms with Crippen molar-refractivity contribution in [1.82, 2.24) is 10.2 Å². The summed E-state index contributed by atoms with van der Waals surface area (Å²) in [5, 5.41) is 4.06. The van der Waals surface area contributed by atoms with Gasteiger partial charge in [-0.3, -0.25) is 13.9 Å². The van der Waals surface area contributed by atoms with E-state index in [1.165, 1.54) is 23.1 Å². The topological polar surface area (TPSA) is 86.8 Å². The van der Waals surface area contributed by atoms with Crippen LogP contribution >= 0.6 is 34.8 Å². The maximum atomic E-state index is 14.2. The minimum atomic E-state index is -3.96. The van der Waals surface area contributed by atoms with Gasteiger partial charge in [0.1, 0.15) is 12.6 Å². The van der Waals surface area contributed by atoms with Gasteiger partial charge in [-0.05, 0) is 54.3 Å². The van der Waals surface area contributed by atoms with E-state index >= 15 is 0 Å². The number of sulfonamides is 1. The van der Waals surface area contributed by atoms with Gasteiger partial charge < -0.3 is 10.2 Å². The Morgan fingerprint density at radius 2 is 1.54 bits per heavy atom. The third-order valence-corrected chi connectivity index (χ3v) is 9.03. The molecule has 1 aliphatic rings. The lowest BCUT2D eigenvalue weighted by Gasteiger charge is -2.34. The van der Waals surface area contributed by atoms with Gasteiger partial charge in [-0.1, -0.05) is 90.1 Å². The summed E-state index contributed by atoms with van der Waals surface area (Å²) in [7, 11) is -3.96. The minimum Gasteiger partial charge on any atom is -0.352 e. The highest BCUT2D eigenvalue weighted by Crippen LogP contribution is 2.31. The molecule has 0 spiro atoms. The minimum absolute atomic E-state index is 0.0334. The van der Waals surface area contributed by atoms with Crippen molar-refractivity contribution in [3.63, 3.8) is 0 Å². The van der Waals surface area contributed by atoms with Crippen LogP contribution in [0.4, 0.5) is 5.69 Å². The fraction of sp³-hybridized carbons (Fsp3) is 0.333. The van der Waals surface area contributed by atoms with Crippen LogP contribution in [0.2, 0.25) is 15.1 Å². The van der Waals surface area contributed by atoms with Gasteiger partial charge in [0.15, 0.2) is 0 Å². The molecule has 1 aliphatic carbocycles. The molecule has 0 heterocycles. The molecule has 0 aliphatic heterocycles. The monoisotopic (exact) mass is 635 g/mol. The van der Waals surface area contributed by atoms with Crippen LogP contribution in [0.5, 0.6) is 0 Å². The van der Waals surface area contributed by atoms with Crippen LogP contribution in [0, 0.1) is 0 Å². The molecule has 2 amide bonds. The molecule has 1 saturated carbocycles. The highest BCUT2D eigenvalue weighted by atomic mass is 35.5. The molecule has 218 valence electrons. The van der Waals surface area contributed by atoms with E-state index < -0.39 is 28.5 Å². The zero-order chi connectivity index (χ0) is 29.6. The number of nitrogens with one attached hydrogen (secondary N) is 1. The lowest BCUT2D eigenvalue weighted by atomic mass is 10.0. The number of nitrogens with zero attached hydrogens (tertiary/aromatic N) is 2. The Hall–Kier alpha value is -2.78. The first-order valence-electron chi connectivity index (χ1n) is 13.3. The third-order valence-electron chi connectivity index (χ3n) is 7.09. The molecule has 4 rings (SSSR count). The molecule has 3 aromatic rings. The number of carbonyl (C=O) groups excluding carboxylic acids is 2. The van der Waals surface area contributed by atoms with Gasteiger partial charge in [0.25, 0.3) is 0 Å². The van der Waals surface area contributed by atoms with E-state index in [0.717, 1.165) is 47.4 Å². The summed E-state index contributed by atoms with van der Waals surface area (Å²) in [6.07, 6.45) is 5.07. The molecule has 0 saturated heterocycles. The van der Waals surface area contributed by atoms with Crippen LogP contribution in [0.3, 0.4) is 0 Å². The number of hydrogen-bond acceptors (Lipinski definition) is 4. The van der Waals surface area contributed by atoms with Gasteiger partial charge >= 0.3 is 0 Å². The fourth-order valence-corrected chi connectivity index (χ4v) is 6.40. The van der Waals surface area contributed by atoms with Gasteiger partial charge in [0.05, 0.1) is 17.0 Å². The number of amides is 2. The average molecular weight is 637 g/mol. The smallest absolute Gasteiger partial charge is 0.244 e. The Morgan fingerprint density at radius 1 is 0.902 bits per heavy atom. The summed E-state index contributed by atoms with van der Waals surface area (Å²) in [5.41, 5.74) is 1.68. The van der Waals surface area contributed by atoms with Crippen LogP contribution in [-0.2, 0) is 32.6 Å². The van der Waals surface area contributed by atoms with Crippen LogP contribution in [0.25, 0.3) is 0 Å². The zero-order valence-electron chi connectivity index (χ0n) is 22.6. The largest absolute Gasteiger partial charge is 0.352 e. The Kier molecular flexibility index (Phi) is 10.6. The fourth-order valence-electron chi connectivity index (χ4n) is 4.98. The van der Waals surface area contributed by atoms with E-state index in [4.69, 9.17) is 34.8 Å². The number of anilines is 1. The van der Waals surface area contributed by atoms with Gasteiger partial charge in [0, 0.05) is 29.1 Å². The summed E-state index contributed by atoms with van der Waals surface area (Å²) in [6.45, 7) is -0.513. The molecule has 41 heavy (non-hydrogen) atoms. The van der Waals surface area contributed by atoms with E-state index in [1.54, 1.807) is 24.3 Å². The predicted molar refractivity (Wildman–Crippen MR) is 165 cm³/mol. The van der Waals surface area contributed by atoms with Crippen LogP contribution in [-0.4, -0.2) is 50.0 Å². The van der Waals surface area contributed by atoms with E-state index in [2.05, 4.69) is 5.32 Å². The van der Waals surface area contributed by atoms with Crippen molar-refractivity contribution in [3.8, 4) is 0 Å². The highest BCUT2D eigenvalue weighted by Gasteiger charge is 2.34. The summed E-state index contributed by atoms with van der Waals surface area (Å²) in [6, 6.07) is 19.9. The van der Waals surface area contributed by atoms with E-state index in [0.29, 0.717) is 5.02 Å². The first-order valence-corrected chi connectivity index (χ1v) is 16.3. The molecule has 1 N–H and O–H groups in total. The van der Waals surface area contributed by atoms with Gasteiger partial charge in [0.2, 0.25) is 21.8 Å². The quantitative estimate of drug-likeness (QED) is 0.275. The van der Waals surface area contributed by atoms with E-state index in [9.17, 15) is 18.0 Å². The number of rotatable bonds is 11. The Labute approximate surface area is 256 Å². The Bertz CT molecular complexity index is 1460. The first-order chi connectivity index (χ1) is 19.5. The number of hydrogen-bond donors (Lipinski definition) is 1. The molecule has 0 unspecified atom stereocenters. The Balaban J connectivity index is 1.74. The van der Waals surface area contributed by atoms with Crippen molar-refractivity contribution in [2.24, 2.45) is 0 Å². The third kappa shape index (κ3) is 8.61. The predicted octanol–water partition coefficient (Wildman–Crippen LogP) is 6.11. The average Bonchev–Trinajstić information content (AvgIpc) is 3.44. The number of carbonyl (C=O) groups is 2. The highest BCUT2D eigenvalue weighted by molar-refractivity contribution is 7.92. The first kappa shape index (κ1) is 31.2. The molecule has 7 nitrogen and oxygen atoms in total. The second kappa shape index (κ2) is 13.9. The van der Waals surface area contributed by atoms with Crippen LogP contribution < -0.4 is 9.62 Å². The van der Waals surface area contributed by atoms with Gasteiger partial charge in [-0.25, -0.2) is 8.42 Å². The molecular weight excluding hydrogens is 605 g/mol. The summed E-state index contributed by atoms with van der Waals surface area (Å²) in [5.74, 6) is -0.848. The van der Waals surface area contributed by atoms with Crippen molar-refractivity contribution < 1.29 is 18.0 Å². The molecule has 11 heteroatoms. The number of benzene rings is 3. The van der Waals surface area contributed by atoms with Crippen molar-refractivity contribution in [3.05, 3.63) is 99.0 Å². The molecule has 0 radical (unpaired) electrons. The summed E-state index contributed by atoms with van der Waals surface area (Å²) in [4.78, 5) is 29.4. The molecule has 0 aromatic heterocycles. The number of halogens is 3. The van der Waals surface area contributed by atoms with Gasteiger partial charge in [-0.2, -0.15) is 0 Å².